The van der Waals surface area contributed by atoms with Gasteiger partial charge < -0.3 is 10.2 Å². The van der Waals surface area contributed by atoms with E-state index in [1.54, 1.807) is 11.9 Å². The zero-order valence-electron chi connectivity index (χ0n) is 11.0. The van der Waals surface area contributed by atoms with E-state index in [0.29, 0.717) is 13.1 Å². The van der Waals surface area contributed by atoms with Gasteiger partial charge >= 0.3 is 0 Å². The van der Waals surface area contributed by atoms with Gasteiger partial charge in [0.2, 0.25) is 11.8 Å². The van der Waals surface area contributed by atoms with Crippen molar-refractivity contribution in [3.63, 3.8) is 0 Å². The summed E-state index contributed by atoms with van der Waals surface area (Å²) in [5, 5.41) is 2.70. The van der Waals surface area contributed by atoms with E-state index in [2.05, 4.69) is 5.32 Å². The van der Waals surface area contributed by atoms with Crippen molar-refractivity contribution in [2.45, 2.75) is 26.3 Å². The first kappa shape index (κ1) is 14.2. The molecule has 0 spiro atoms. The second kappa shape index (κ2) is 7.48. The van der Waals surface area contributed by atoms with E-state index in [-0.39, 0.29) is 18.2 Å². The molecule has 0 aromatic heterocycles. The second-order valence-electron chi connectivity index (χ2n) is 4.26. The van der Waals surface area contributed by atoms with Crippen molar-refractivity contribution in [3.05, 3.63) is 35.9 Å². The molecule has 0 fully saturated rings. The Morgan fingerprint density at radius 3 is 2.50 bits per heavy atom. The Morgan fingerprint density at radius 2 is 1.89 bits per heavy atom. The summed E-state index contributed by atoms with van der Waals surface area (Å²) >= 11 is 0. The molecule has 0 saturated heterocycles. The summed E-state index contributed by atoms with van der Waals surface area (Å²) in [4.78, 5) is 24.8. The molecule has 0 aliphatic carbocycles. The van der Waals surface area contributed by atoms with Crippen LogP contribution in [0, 0.1) is 0 Å². The van der Waals surface area contributed by atoms with Crippen molar-refractivity contribution in [2.75, 3.05) is 13.6 Å². The van der Waals surface area contributed by atoms with E-state index in [4.69, 9.17) is 0 Å². The highest BCUT2D eigenvalue weighted by Gasteiger charge is 2.13. The molecule has 4 nitrogen and oxygen atoms in total. The van der Waals surface area contributed by atoms with Crippen molar-refractivity contribution in [3.8, 4) is 0 Å². The van der Waals surface area contributed by atoms with Gasteiger partial charge in [0.15, 0.2) is 0 Å². The average Bonchev–Trinajstić information content (AvgIpc) is 2.37. The smallest absolute Gasteiger partial charge is 0.232 e. The van der Waals surface area contributed by atoms with Crippen LogP contribution in [0.25, 0.3) is 0 Å². The zero-order valence-corrected chi connectivity index (χ0v) is 11.0. The summed E-state index contributed by atoms with van der Waals surface area (Å²) in [6.45, 7) is 3.12. The molecule has 0 aliphatic rings. The van der Waals surface area contributed by atoms with Gasteiger partial charge in [0.1, 0.15) is 6.42 Å². The van der Waals surface area contributed by atoms with Gasteiger partial charge in [-0.15, -0.1) is 0 Å². The van der Waals surface area contributed by atoms with E-state index in [0.717, 1.165) is 12.0 Å². The molecule has 1 aromatic rings. The molecule has 18 heavy (non-hydrogen) atoms. The highest BCUT2D eigenvalue weighted by Crippen LogP contribution is 2.03. The molecule has 0 saturated carbocycles. The molecule has 0 aliphatic heterocycles. The molecule has 1 rings (SSSR count). The molecule has 1 N–H and O–H groups in total. The summed E-state index contributed by atoms with van der Waals surface area (Å²) in [6.07, 6.45) is 0.795. The minimum Gasteiger partial charge on any atom is -0.356 e. The van der Waals surface area contributed by atoms with Crippen LogP contribution in [0.2, 0.25) is 0 Å². The first-order valence-electron chi connectivity index (χ1n) is 6.18. The van der Waals surface area contributed by atoms with Gasteiger partial charge in [-0.25, -0.2) is 0 Å². The first-order valence-corrected chi connectivity index (χ1v) is 6.18. The predicted molar refractivity (Wildman–Crippen MR) is 70.8 cm³/mol. The van der Waals surface area contributed by atoms with Crippen LogP contribution in [0.3, 0.4) is 0 Å². The third-order valence-corrected chi connectivity index (χ3v) is 2.57. The lowest BCUT2D eigenvalue weighted by atomic mass is 10.2. The highest BCUT2D eigenvalue weighted by atomic mass is 16.2. The summed E-state index contributed by atoms with van der Waals surface area (Å²) in [6, 6.07) is 9.72. The summed E-state index contributed by atoms with van der Waals surface area (Å²) < 4.78 is 0. The van der Waals surface area contributed by atoms with E-state index in [1.165, 1.54) is 0 Å². The maximum absolute atomic E-state index is 11.8. The monoisotopic (exact) mass is 248 g/mol. The fourth-order valence-electron chi connectivity index (χ4n) is 1.54. The summed E-state index contributed by atoms with van der Waals surface area (Å²) in [7, 11) is 1.71. The third kappa shape index (κ3) is 4.99. The van der Waals surface area contributed by atoms with Crippen LogP contribution in [-0.2, 0) is 16.1 Å². The number of nitrogens with zero attached hydrogens (tertiary/aromatic N) is 1. The average molecular weight is 248 g/mol. The Labute approximate surface area is 108 Å². The van der Waals surface area contributed by atoms with Gasteiger partial charge in [0.05, 0.1) is 0 Å². The fourth-order valence-corrected chi connectivity index (χ4v) is 1.54. The molecule has 0 atom stereocenters. The first-order chi connectivity index (χ1) is 8.63. The Hall–Kier alpha value is -1.84. The standard InChI is InChI=1S/C14H20N2O2/c1-3-9-15-13(17)10-14(18)16(2)11-12-7-5-4-6-8-12/h4-8H,3,9-11H2,1-2H3,(H,15,17). The number of carbonyl (C=O) groups excluding carboxylic acids is 2. The molecular weight excluding hydrogens is 228 g/mol. The van der Waals surface area contributed by atoms with Crippen molar-refractivity contribution < 1.29 is 9.59 Å². The lowest BCUT2D eigenvalue weighted by molar-refractivity contribution is -0.135. The van der Waals surface area contributed by atoms with Crippen LogP contribution in [0.5, 0.6) is 0 Å². The van der Waals surface area contributed by atoms with Crippen molar-refractivity contribution in [1.82, 2.24) is 10.2 Å². The van der Waals surface area contributed by atoms with E-state index in [1.807, 2.05) is 37.3 Å². The van der Waals surface area contributed by atoms with Crippen molar-refractivity contribution in [2.24, 2.45) is 0 Å². The van der Waals surface area contributed by atoms with Crippen LogP contribution in [0.1, 0.15) is 25.3 Å². The summed E-state index contributed by atoms with van der Waals surface area (Å²) in [5.41, 5.74) is 1.06. The Morgan fingerprint density at radius 1 is 1.22 bits per heavy atom. The number of benzene rings is 1. The Bertz CT molecular complexity index is 390. The van der Waals surface area contributed by atoms with Crippen LogP contribution < -0.4 is 5.32 Å². The molecule has 0 radical (unpaired) electrons. The molecular formula is C14H20N2O2. The molecule has 0 bridgehead atoms. The minimum atomic E-state index is -0.207. The quantitative estimate of drug-likeness (QED) is 0.777. The van der Waals surface area contributed by atoms with Gasteiger partial charge in [-0.3, -0.25) is 9.59 Å². The van der Waals surface area contributed by atoms with Crippen molar-refractivity contribution in [1.29, 1.82) is 0 Å². The number of amides is 2. The fraction of sp³-hybridized carbons (Fsp3) is 0.429. The third-order valence-electron chi connectivity index (χ3n) is 2.57. The van der Waals surface area contributed by atoms with E-state index < -0.39 is 0 Å². The molecule has 0 unspecified atom stereocenters. The lowest BCUT2D eigenvalue weighted by Crippen LogP contribution is -2.33. The van der Waals surface area contributed by atoms with Crippen LogP contribution in [0.15, 0.2) is 30.3 Å². The molecule has 2 amide bonds. The van der Waals surface area contributed by atoms with Gasteiger partial charge in [0.25, 0.3) is 0 Å². The topological polar surface area (TPSA) is 49.4 Å². The van der Waals surface area contributed by atoms with Gasteiger partial charge in [-0.1, -0.05) is 37.3 Å². The number of nitrogens with one attached hydrogen (secondary N) is 1. The van der Waals surface area contributed by atoms with Crippen LogP contribution in [0.4, 0.5) is 0 Å². The number of hydrogen-bond acceptors (Lipinski definition) is 2. The second-order valence-corrected chi connectivity index (χ2v) is 4.26. The van der Waals surface area contributed by atoms with Gasteiger partial charge in [0, 0.05) is 20.1 Å². The van der Waals surface area contributed by atoms with E-state index in [9.17, 15) is 9.59 Å². The summed E-state index contributed by atoms with van der Waals surface area (Å²) in [5.74, 6) is -0.366. The lowest BCUT2D eigenvalue weighted by Gasteiger charge is -2.17. The van der Waals surface area contributed by atoms with Gasteiger partial charge in [-0.2, -0.15) is 0 Å². The molecule has 98 valence electrons. The van der Waals surface area contributed by atoms with Crippen LogP contribution in [-0.4, -0.2) is 30.3 Å². The molecule has 4 heteroatoms. The Kier molecular flexibility index (Phi) is 5.91. The number of hydrogen-bond donors (Lipinski definition) is 1. The van der Waals surface area contributed by atoms with E-state index >= 15 is 0 Å². The Balaban J connectivity index is 2.40. The number of rotatable bonds is 6. The number of carbonyl (C=O) groups is 2. The van der Waals surface area contributed by atoms with Crippen LogP contribution >= 0.6 is 0 Å². The minimum absolute atomic E-state index is 0.0800. The zero-order chi connectivity index (χ0) is 13.4. The largest absolute Gasteiger partial charge is 0.356 e. The SMILES string of the molecule is CCCNC(=O)CC(=O)N(C)Cc1ccccc1. The molecule has 0 heterocycles. The van der Waals surface area contributed by atoms with Crippen molar-refractivity contribution >= 4 is 11.8 Å². The highest BCUT2D eigenvalue weighted by molar-refractivity contribution is 5.96. The molecule has 1 aromatic carbocycles. The predicted octanol–water partition coefficient (Wildman–Crippen LogP) is 1.56. The maximum atomic E-state index is 11.8. The van der Waals surface area contributed by atoms with Gasteiger partial charge in [-0.05, 0) is 12.0 Å². The maximum Gasteiger partial charge on any atom is 0.232 e. The normalized spacial score (nSPS) is 9.89.